The maximum atomic E-state index is 12.1. The van der Waals surface area contributed by atoms with E-state index in [4.69, 9.17) is 16.0 Å². The number of anilines is 1. The highest BCUT2D eigenvalue weighted by molar-refractivity contribution is 6.31. The van der Waals surface area contributed by atoms with Crippen LogP contribution in [0.5, 0.6) is 0 Å². The summed E-state index contributed by atoms with van der Waals surface area (Å²) in [4.78, 5) is 24.0. The molecule has 1 aromatic carbocycles. The molecule has 0 fully saturated rings. The van der Waals surface area contributed by atoms with E-state index >= 15 is 0 Å². The predicted octanol–water partition coefficient (Wildman–Crippen LogP) is 3.10. The summed E-state index contributed by atoms with van der Waals surface area (Å²) < 4.78 is 5.00. The third-order valence-electron chi connectivity index (χ3n) is 2.63. The van der Waals surface area contributed by atoms with Gasteiger partial charge >= 0.3 is 0 Å². The molecule has 0 unspecified atom stereocenters. The van der Waals surface area contributed by atoms with E-state index in [1.54, 1.807) is 24.3 Å². The number of rotatable bonds is 5. The molecule has 0 radical (unpaired) electrons. The number of amides is 2. The van der Waals surface area contributed by atoms with Gasteiger partial charge in [-0.1, -0.05) is 17.7 Å². The second-order valence-corrected chi connectivity index (χ2v) is 4.56. The maximum Gasteiger partial charge on any atom is 0.291 e. The third-order valence-corrected chi connectivity index (χ3v) is 2.86. The molecule has 0 saturated heterocycles. The summed E-state index contributed by atoms with van der Waals surface area (Å²) in [6.45, 7) is 3.84. The van der Waals surface area contributed by atoms with Gasteiger partial charge in [0, 0.05) is 11.6 Å². The molecule has 5 nitrogen and oxygen atoms in total. The second kappa shape index (κ2) is 6.76. The van der Waals surface area contributed by atoms with Crippen molar-refractivity contribution in [3.8, 4) is 0 Å². The van der Waals surface area contributed by atoms with Crippen molar-refractivity contribution in [1.29, 1.82) is 0 Å². The number of carbonyl (C=O) groups excluding carboxylic acids is 2. The molecule has 2 N–H and O–H groups in total. The van der Waals surface area contributed by atoms with E-state index in [0.717, 1.165) is 0 Å². The topological polar surface area (TPSA) is 71.3 Å². The Morgan fingerprint density at radius 3 is 2.76 bits per heavy atom. The Morgan fingerprint density at radius 1 is 1.29 bits per heavy atom. The minimum absolute atomic E-state index is 0.155. The first-order valence-electron chi connectivity index (χ1n) is 6.15. The normalized spacial score (nSPS) is 9.95. The molecule has 0 bridgehead atoms. The van der Waals surface area contributed by atoms with E-state index in [1.807, 2.05) is 0 Å². The molecule has 1 heterocycles. The fraction of sp³-hybridized carbons (Fsp3) is 0.0667. The average molecular weight is 305 g/mol. The van der Waals surface area contributed by atoms with Gasteiger partial charge in [0.2, 0.25) is 0 Å². The van der Waals surface area contributed by atoms with Gasteiger partial charge in [0.05, 0.1) is 17.5 Å². The van der Waals surface area contributed by atoms with Crippen LogP contribution in [0.15, 0.2) is 53.7 Å². The fourth-order valence-corrected chi connectivity index (χ4v) is 1.84. The lowest BCUT2D eigenvalue weighted by Gasteiger charge is -2.10. The lowest BCUT2D eigenvalue weighted by molar-refractivity contribution is 0.0959. The molecule has 0 saturated carbocycles. The largest absolute Gasteiger partial charge is 0.459 e. The van der Waals surface area contributed by atoms with Gasteiger partial charge in [0.1, 0.15) is 0 Å². The van der Waals surface area contributed by atoms with E-state index in [1.165, 1.54) is 18.4 Å². The molecular formula is C15H13ClN2O3. The van der Waals surface area contributed by atoms with Crippen molar-refractivity contribution >= 4 is 29.1 Å². The molecule has 0 aliphatic rings. The van der Waals surface area contributed by atoms with Crippen LogP contribution in [0.1, 0.15) is 20.9 Å². The highest BCUT2D eigenvalue weighted by atomic mass is 35.5. The molecule has 0 aliphatic carbocycles. The lowest BCUT2D eigenvalue weighted by Crippen LogP contribution is -2.25. The zero-order chi connectivity index (χ0) is 15.2. The average Bonchev–Trinajstić information content (AvgIpc) is 3.01. The van der Waals surface area contributed by atoms with Crippen molar-refractivity contribution in [3.05, 3.63) is 65.6 Å². The second-order valence-electron chi connectivity index (χ2n) is 4.12. The van der Waals surface area contributed by atoms with Crippen molar-refractivity contribution in [1.82, 2.24) is 5.32 Å². The molecule has 0 spiro atoms. The molecule has 2 amide bonds. The highest BCUT2D eigenvalue weighted by Crippen LogP contribution is 2.21. The van der Waals surface area contributed by atoms with Crippen LogP contribution in [0.3, 0.4) is 0 Å². The molecule has 6 heteroatoms. The quantitative estimate of drug-likeness (QED) is 0.834. The Labute approximate surface area is 126 Å². The van der Waals surface area contributed by atoms with Crippen LogP contribution in [0.2, 0.25) is 5.02 Å². The Balaban J connectivity index is 2.24. The van der Waals surface area contributed by atoms with Gasteiger partial charge < -0.3 is 15.1 Å². The SMILES string of the molecule is C=CCNC(=O)c1cc(Cl)ccc1NC(=O)c1ccco1. The van der Waals surface area contributed by atoms with Crippen molar-refractivity contribution in [2.45, 2.75) is 0 Å². The number of hydrogen-bond donors (Lipinski definition) is 2. The van der Waals surface area contributed by atoms with Gasteiger partial charge in [-0.3, -0.25) is 9.59 Å². The molecule has 2 aromatic rings. The number of halogens is 1. The minimum Gasteiger partial charge on any atom is -0.459 e. The van der Waals surface area contributed by atoms with E-state index in [9.17, 15) is 9.59 Å². The summed E-state index contributed by atoms with van der Waals surface area (Å²) in [5, 5.41) is 5.65. The number of furan rings is 1. The minimum atomic E-state index is -0.444. The highest BCUT2D eigenvalue weighted by Gasteiger charge is 2.15. The zero-order valence-corrected chi connectivity index (χ0v) is 11.8. The molecule has 108 valence electrons. The van der Waals surface area contributed by atoms with Crippen LogP contribution in [-0.4, -0.2) is 18.4 Å². The maximum absolute atomic E-state index is 12.1. The molecule has 1 aromatic heterocycles. The van der Waals surface area contributed by atoms with E-state index < -0.39 is 5.91 Å². The lowest BCUT2D eigenvalue weighted by atomic mass is 10.1. The Kier molecular flexibility index (Phi) is 4.79. The summed E-state index contributed by atoms with van der Waals surface area (Å²) in [6, 6.07) is 7.77. The van der Waals surface area contributed by atoms with Crippen molar-refractivity contribution < 1.29 is 14.0 Å². The summed E-state index contributed by atoms with van der Waals surface area (Å²) in [5.74, 6) is -0.644. The van der Waals surface area contributed by atoms with Gasteiger partial charge in [-0.15, -0.1) is 6.58 Å². The summed E-state index contributed by atoms with van der Waals surface area (Å²) >= 11 is 5.90. The van der Waals surface area contributed by atoms with Crippen LogP contribution >= 0.6 is 11.6 Å². The van der Waals surface area contributed by atoms with Crippen LogP contribution in [-0.2, 0) is 0 Å². The molecule has 0 atom stereocenters. The van der Waals surface area contributed by atoms with Gasteiger partial charge in [0.25, 0.3) is 11.8 Å². The van der Waals surface area contributed by atoms with Crippen LogP contribution in [0, 0.1) is 0 Å². The van der Waals surface area contributed by atoms with Crippen molar-refractivity contribution in [2.75, 3.05) is 11.9 Å². The van der Waals surface area contributed by atoms with Crippen LogP contribution in [0.25, 0.3) is 0 Å². The van der Waals surface area contributed by atoms with E-state index in [0.29, 0.717) is 17.3 Å². The zero-order valence-electron chi connectivity index (χ0n) is 11.1. The molecule has 2 rings (SSSR count). The monoisotopic (exact) mass is 304 g/mol. The van der Waals surface area contributed by atoms with Gasteiger partial charge in [-0.2, -0.15) is 0 Å². The Hall–Kier alpha value is -2.53. The predicted molar refractivity (Wildman–Crippen MR) is 80.6 cm³/mol. The van der Waals surface area contributed by atoms with Gasteiger partial charge in [0.15, 0.2) is 5.76 Å². The van der Waals surface area contributed by atoms with Gasteiger partial charge in [-0.05, 0) is 30.3 Å². The smallest absolute Gasteiger partial charge is 0.291 e. The number of carbonyl (C=O) groups is 2. The fourth-order valence-electron chi connectivity index (χ4n) is 1.67. The molecule has 21 heavy (non-hydrogen) atoms. The van der Waals surface area contributed by atoms with E-state index in [-0.39, 0.29) is 17.2 Å². The summed E-state index contributed by atoms with van der Waals surface area (Å²) in [5.41, 5.74) is 0.617. The van der Waals surface area contributed by atoms with Crippen LogP contribution in [0.4, 0.5) is 5.69 Å². The first-order chi connectivity index (χ1) is 10.1. The Morgan fingerprint density at radius 2 is 2.10 bits per heavy atom. The standard InChI is InChI=1S/C15H13ClN2O3/c1-2-7-17-14(19)11-9-10(16)5-6-12(11)18-15(20)13-4-3-8-21-13/h2-6,8-9H,1,7H2,(H,17,19)(H,18,20). The Bertz CT molecular complexity index is 666. The summed E-state index contributed by atoms with van der Waals surface area (Å²) in [7, 11) is 0. The van der Waals surface area contributed by atoms with Gasteiger partial charge in [-0.25, -0.2) is 0 Å². The molecular weight excluding hydrogens is 292 g/mol. The summed E-state index contributed by atoms with van der Waals surface area (Å²) in [6.07, 6.45) is 2.96. The third kappa shape index (κ3) is 3.73. The number of nitrogens with one attached hydrogen (secondary N) is 2. The number of benzene rings is 1. The molecule has 0 aliphatic heterocycles. The first-order valence-corrected chi connectivity index (χ1v) is 6.53. The van der Waals surface area contributed by atoms with Crippen molar-refractivity contribution in [2.24, 2.45) is 0 Å². The van der Waals surface area contributed by atoms with Crippen LogP contribution < -0.4 is 10.6 Å². The van der Waals surface area contributed by atoms with Crippen molar-refractivity contribution in [3.63, 3.8) is 0 Å². The first kappa shape index (κ1) is 14.9. The van der Waals surface area contributed by atoms with E-state index in [2.05, 4.69) is 17.2 Å². The number of hydrogen-bond acceptors (Lipinski definition) is 3.